The number of rotatable bonds is 6. The maximum atomic E-state index is 9.41. The summed E-state index contributed by atoms with van der Waals surface area (Å²) in [5.41, 5.74) is 2.43. The van der Waals surface area contributed by atoms with Crippen molar-refractivity contribution < 1.29 is 5.11 Å². The maximum Gasteiger partial charge on any atom is 0.158 e. The average molecular weight is 370 g/mol. The van der Waals surface area contributed by atoms with Crippen LogP contribution in [0.4, 0.5) is 0 Å². The lowest BCUT2D eigenvalue weighted by molar-refractivity contribution is 0.148. The van der Waals surface area contributed by atoms with Crippen LogP contribution in [0.3, 0.4) is 0 Å². The summed E-state index contributed by atoms with van der Waals surface area (Å²) in [6.07, 6.45) is 4.92. The Morgan fingerprint density at radius 2 is 1.74 bits per heavy atom. The summed E-state index contributed by atoms with van der Waals surface area (Å²) in [7, 11) is 2.19. The third kappa shape index (κ3) is 4.39. The molecular formula is C21H31N5O. The van der Waals surface area contributed by atoms with E-state index in [-0.39, 0.29) is 6.61 Å². The van der Waals surface area contributed by atoms with E-state index >= 15 is 0 Å². The highest BCUT2D eigenvalue weighted by Crippen LogP contribution is 2.33. The summed E-state index contributed by atoms with van der Waals surface area (Å²) in [5, 5.41) is 14.1. The summed E-state index contributed by atoms with van der Waals surface area (Å²) in [6.45, 7) is 6.14. The molecule has 2 heterocycles. The van der Waals surface area contributed by atoms with Gasteiger partial charge in [-0.15, -0.1) is 0 Å². The Hall–Kier alpha value is -1.76. The monoisotopic (exact) mass is 369 g/mol. The van der Waals surface area contributed by atoms with Gasteiger partial charge >= 0.3 is 0 Å². The quantitative estimate of drug-likeness (QED) is 0.847. The molecule has 2 aliphatic rings. The first kappa shape index (κ1) is 18.6. The van der Waals surface area contributed by atoms with E-state index in [2.05, 4.69) is 41.1 Å². The molecule has 1 aliphatic heterocycles. The van der Waals surface area contributed by atoms with Gasteiger partial charge in [0, 0.05) is 44.2 Å². The van der Waals surface area contributed by atoms with Crippen molar-refractivity contribution in [1.82, 2.24) is 24.6 Å². The molecule has 4 rings (SSSR count). The van der Waals surface area contributed by atoms with Gasteiger partial charge in [-0.3, -0.25) is 4.90 Å². The van der Waals surface area contributed by atoms with Gasteiger partial charge in [0.2, 0.25) is 0 Å². The normalized spacial score (nSPS) is 19.8. The molecule has 1 aromatic carbocycles. The minimum atomic E-state index is 0.0853. The summed E-state index contributed by atoms with van der Waals surface area (Å²) in [5.74, 6) is 2.33. The highest BCUT2D eigenvalue weighted by atomic mass is 16.3. The van der Waals surface area contributed by atoms with Crippen LogP contribution in [0.25, 0.3) is 11.4 Å². The third-order valence-electron chi connectivity index (χ3n) is 5.93. The van der Waals surface area contributed by atoms with Gasteiger partial charge in [0.25, 0.3) is 0 Å². The van der Waals surface area contributed by atoms with Gasteiger partial charge in [-0.05, 0) is 25.5 Å². The molecule has 1 N–H and O–H groups in total. The third-order valence-corrected chi connectivity index (χ3v) is 5.93. The molecule has 0 amide bonds. The Kier molecular flexibility index (Phi) is 5.86. The zero-order chi connectivity index (χ0) is 18.6. The van der Waals surface area contributed by atoms with E-state index in [1.807, 2.05) is 4.68 Å². The lowest BCUT2D eigenvalue weighted by atomic mass is 10.1. The summed E-state index contributed by atoms with van der Waals surface area (Å²) < 4.78 is 1.88. The van der Waals surface area contributed by atoms with Crippen LogP contribution in [0, 0.1) is 0 Å². The van der Waals surface area contributed by atoms with Crippen LogP contribution in [0.1, 0.15) is 43.0 Å². The zero-order valence-corrected chi connectivity index (χ0v) is 16.3. The van der Waals surface area contributed by atoms with Crippen LogP contribution in [-0.2, 0) is 13.1 Å². The van der Waals surface area contributed by atoms with E-state index < -0.39 is 0 Å². The number of aliphatic hydroxyl groups excluding tert-OH is 1. The van der Waals surface area contributed by atoms with Gasteiger partial charge in [-0.2, -0.15) is 5.10 Å². The van der Waals surface area contributed by atoms with Crippen LogP contribution in [0.15, 0.2) is 24.3 Å². The average Bonchev–Trinajstić information content (AvgIpc) is 3.35. The van der Waals surface area contributed by atoms with Crippen molar-refractivity contribution in [2.75, 3.05) is 39.8 Å². The highest BCUT2D eigenvalue weighted by Gasteiger charge is 2.23. The van der Waals surface area contributed by atoms with Crippen molar-refractivity contribution in [2.45, 2.75) is 44.7 Å². The van der Waals surface area contributed by atoms with Crippen molar-refractivity contribution in [2.24, 2.45) is 0 Å². The number of piperazine rings is 1. The van der Waals surface area contributed by atoms with Gasteiger partial charge in [0.1, 0.15) is 0 Å². The van der Waals surface area contributed by atoms with Crippen LogP contribution in [0.5, 0.6) is 0 Å². The Labute approximate surface area is 161 Å². The molecule has 2 fully saturated rings. The van der Waals surface area contributed by atoms with E-state index in [0.717, 1.165) is 49.9 Å². The second-order valence-corrected chi connectivity index (χ2v) is 8.00. The fraction of sp³-hybridized carbons (Fsp3) is 0.619. The minimum Gasteiger partial charge on any atom is -0.394 e. The number of nitrogens with zero attached hydrogens (tertiary/aromatic N) is 5. The first-order valence-electron chi connectivity index (χ1n) is 10.3. The molecule has 0 unspecified atom stereocenters. The molecule has 1 aliphatic carbocycles. The number of benzene rings is 1. The van der Waals surface area contributed by atoms with E-state index in [1.54, 1.807) is 0 Å². The molecule has 0 bridgehead atoms. The Bertz CT molecular complexity index is 728. The van der Waals surface area contributed by atoms with Crippen molar-refractivity contribution in [3.63, 3.8) is 0 Å². The van der Waals surface area contributed by atoms with Crippen LogP contribution in [0.2, 0.25) is 0 Å². The fourth-order valence-corrected chi connectivity index (χ4v) is 4.20. The van der Waals surface area contributed by atoms with Gasteiger partial charge in [-0.1, -0.05) is 37.1 Å². The van der Waals surface area contributed by atoms with E-state index in [4.69, 9.17) is 10.1 Å². The number of hydrogen-bond donors (Lipinski definition) is 1. The Morgan fingerprint density at radius 1 is 1.04 bits per heavy atom. The van der Waals surface area contributed by atoms with Gasteiger partial charge in [-0.25, -0.2) is 9.67 Å². The predicted octanol–water partition coefficient (Wildman–Crippen LogP) is 2.34. The molecule has 146 valence electrons. The molecule has 6 heteroatoms. The lowest BCUT2D eigenvalue weighted by Gasteiger charge is -2.32. The molecule has 2 aromatic rings. The first-order valence-corrected chi connectivity index (χ1v) is 10.3. The molecule has 1 aromatic heterocycles. The van der Waals surface area contributed by atoms with Crippen LogP contribution >= 0.6 is 0 Å². The van der Waals surface area contributed by atoms with E-state index in [1.165, 1.54) is 31.2 Å². The standard InChI is InChI=1S/C21H31N5O/c1-24-10-12-25(13-11-24)16-17-6-8-19(9-7-17)21-22-20(18-4-2-3-5-18)23-26(21)14-15-27/h6-9,18,27H,2-5,10-16H2,1H3. The molecular weight excluding hydrogens is 338 g/mol. The predicted molar refractivity (Wildman–Crippen MR) is 107 cm³/mol. The molecule has 0 radical (unpaired) electrons. The second-order valence-electron chi connectivity index (χ2n) is 8.00. The Morgan fingerprint density at radius 3 is 2.41 bits per heavy atom. The first-order chi connectivity index (χ1) is 13.2. The summed E-state index contributed by atoms with van der Waals surface area (Å²) in [4.78, 5) is 9.76. The van der Waals surface area contributed by atoms with Crippen molar-refractivity contribution in [3.05, 3.63) is 35.7 Å². The molecule has 0 spiro atoms. The van der Waals surface area contributed by atoms with Crippen molar-refractivity contribution in [1.29, 1.82) is 0 Å². The Balaban J connectivity index is 1.49. The van der Waals surface area contributed by atoms with E-state index in [0.29, 0.717) is 12.5 Å². The zero-order valence-electron chi connectivity index (χ0n) is 16.3. The molecule has 1 saturated heterocycles. The summed E-state index contributed by atoms with van der Waals surface area (Å²) >= 11 is 0. The van der Waals surface area contributed by atoms with Crippen LogP contribution < -0.4 is 0 Å². The number of aliphatic hydroxyl groups is 1. The number of aromatic nitrogens is 3. The second kappa shape index (κ2) is 8.50. The smallest absolute Gasteiger partial charge is 0.158 e. The van der Waals surface area contributed by atoms with Gasteiger partial charge in [0.05, 0.1) is 13.2 Å². The van der Waals surface area contributed by atoms with Crippen LogP contribution in [-0.4, -0.2) is 69.5 Å². The maximum absolute atomic E-state index is 9.41. The van der Waals surface area contributed by atoms with Gasteiger partial charge in [0.15, 0.2) is 11.6 Å². The SMILES string of the molecule is CN1CCN(Cc2ccc(-c3nc(C4CCCC4)nn3CCO)cc2)CC1. The molecule has 27 heavy (non-hydrogen) atoms. The fourth-order valence-electron chi connectivity index (χ4n) is 4.20. The molecule has 6 nitrogen and oxygen atoms in total. The largest absolute Gasteiger partial charge is 0.394 e. The summed E-state index contributed by atoms with van der Waals surface area (Å²) in [6, 6.07) is 8.73. The topological polar surface area (TPSA) is 57.4 Å². The van der Waals surface area contributed by atoms with E-state index in [9.17, 15) is 5.11 Å². The van der Waals surface area contributed by atoms with Crippen molar-refractivity contribution >= 4 is 0 Å². The number of likely N-dealkylation sites (N-methyl/N-ethyl adjacent to an activating group) is 1. The minimum absolute atomic E-state index is 0.0853. The van der Waals surface area contributed by atoms with Gasteiger partial charge < -0.3 is 10.0 Å². The number of hydrogen-bond acceptors (Lipinski definition) is 5. The van der Waals surface area contributed by atoms with Crippen molar-refractivity contribution in [3.8, 4) is 11.4 Å². The highest BCUT2D eigenvalue weighted by molar-refractivity contribution is 5.56. The lowest BCUT2D eigenvalue weighted by Crippen LogP contribution is -2.43. The molecule has 1 saturated carbocycles. The molecule has 0 atom stereocenters.